The van der Waals surface area contributed by atoms with Gasteiger partial charge in [0.15, 0.2) is 11.5 Å². The maximum absolute atomic E-state index is 9.16. The molecule has 2 aromatic carbocycles. The molecule has 0 atom stereocenters. The van der Waals surface area contributed by atoms with Crippen LogP contribution in [0.1, 0.15) is 11.1 Å². The molecule has 0 amide bonds. The lowest BCUT2D eigenvalue weighted by atomic mass is 10.2. The summed E-state index contributed by atoms with van der Waals surface area (Å²) in [6, 6.07) is 10.7. The summed E-state index contributed by atoms with van der Waals surface area (Å²) in [6.07, 6.45) is 0. The van der Waals surface area contributed by atoms with Gasteiger partial charge in [0.1, 0.15) is 11.5 Å². The van der Waals surface area contributed by atoms with Crippen LogP contribution >= 0.6 is 0 Å². The molecule has 0 aliphatic rings. The normalized spacial score (nSPS) is 10.3. The van der Waals surface area contributed by atoms with Crippen molar-refractivity contribution in [3.63, 3.8) is 0 Å². The van der Waals surface area contributed by atoms with Crippen LogP contribution in [0.2, 0.25) is 0 Å². The van der Waals surface area contributed by atoms with E-state index in [1.165, 1.54) is 0 Å². The van der Waals surface area contributed by atoms with Gasteiger partial charge in [0.25, 0.3) is 0 Å². The largest absolute Gasteiger partial charge is 0.497 e. The van der Waals surface area contributed by atoms with Crippen molar-refractivity contribution >= 4 is 0 Å². The molecule has 3 N–H and O–H groups in total. The summed E-state index contributed by atoms with van der Waals surface area (Å²) in [5.74, 6) is 2.41. The van der Waals surface area contributed by atoms with Gasteiger partial charge in [0.2, 0.25) is 0 Å². The van der Waals surface area contributed by atoms with Gasteiger partial charge in [-0.2, -0.15) is 0 Å². The zero-order chi connectivity index (χ0) is 15.2. The molecule has 0 aliphatic carbocycles. The molecule has 0 heterocycles. The molecule has 0 radical (unpaired) electrons. The van der Waals surface area contributed by atoms with E-state index < -0.39 is 0 Å². The smallest absolute Gasteiger partial charge is 0.169 e. The Hall–Kier alpha value is -2.24. The molecule has 0 saturated carbocycles. The van der Waals surface area contributed by atoms with Gasteiger partial charge < -0.3 is 25.1 Å². The van der Waals surface area contributed by atoms with Crippen LogP contribution in [0.25, 0.3) is 0 Å². The van der Waals surface area contributed by atoms with Gasteiger partial charge in [-0.25, -0.2) is 0 Å². The Labute approximate surface area is 123 Å². The third-order valence-corrected chi connectivity index (χ3v) is 3.12. The predicted molar refractivity (Wildman–Crippen MR) is 79.9 cm³/mol. The summed E-state index contributed by atoms with van der Waals surface area (Å²) >= 11 is 0. The quantitative estimate of drug-likeness (QED) is 0.854. The van der Waals surface area contributed by atoms with Crippen molar-refractivity contribution < 1.29 is 19.3 Å². The highest BCUT2D eigenvalue weighted by Gasteiger charge is 2.10. The van der Waals surface area contributed by atoms with Crippen LogP contribution in [0.5, 0.6) is 23.0 Å². The van der Waals surface area contributed by atoms with Crippen LogP contribution < -0.4 is 19.9 Å². The van der Waals surface area contributed by atoms with Crippen molar-refractivity contribution in [2.75, 3.05) is 14.2 Å². The third-order valence-electron chi connectivity index (χ3n) is 3.12. The maximum atomic E-state index is 9.16. The summed E-state index contributed by atoms with van der Waals surface area (Å²) in [5, 5.41) is 9.16. The molecule has 2 aromatic rings. The fraction of sp³-hybridized carbons (Fsp3) is 0.250. The minimum atomic E-state index is -0.0517. The Bertz CT molecular complexity index is 613. The van der Waals surface area contributed by atoms with Crippen molar-refractivity contribution in [2.45, 2.75) is 13.2 Å². The number of methoxy groups -OCH3 is 2. The van der Waals surface area contributed by atoms with E-state index in [1.807, 2.05) is 12.1 Å². The fourth-order valence-electron chi connectivity index (χ4n) is 1.94. The maximum Gasteiger partial charge on any atom is 0.169 e. The zero-order valence-electron chi connectivity index (χ0n) is 12.1. The highest BCUT2D eigenvalue weighted by molar-refractivity contribution is 5.48. The highest BCUT2D eigenvalue weighted by Crippen LogP contribution is 2.35. The van der Waals surface area contributed by atoms with Gasteiger partial charge in [-0.15, -0.1) is 0 Å². The van der Waals surface area contributed by atoms with Crippen molar-refractivity contribution in [1.29, 1.82) is 0 Å². The molecule has 0 spiro atoms. The number of nitrogens with two attached hydrogens (primary N) is 1. The Balaban J connectivity index is 2.37. The second kappa shape index (κ2) is 6.97. The van der Waals surface area contributed by atoms with E-state index in [1.54, 1.807) is 38.5 Å². The first-order valence-corrected chi connectivity index (χ1v) is 6.54. The van der Waals surface area contributed by atoms with Gasteiger partial charge in [0, 0.05) is 18.2 Å². The fourth-order valence-corrected chi connectivity index (χ4v) is 1.94. The molecule has 2 rings (SSSR count). The predicted octanol–water partition coefficient (Wildman–Crippen LogP) is 2.45. The van der Waals surface area contributed by atoms with Crippen molar-refractivity contribution in [1.82, 2.24) is 0 Å². The Kier molecular flexibility index (Phi) is 5.03. The molecule has 5 nitrogen and oxygen atoms in total. The lowest BCUT2D eigenvalue weighted by molar-refractivity contribution is 0.280. The van der Waals surface area contributed by atoms with E-state index in [-0.39, 0.29) is 6.61 Å². The summed E-state index contributed by atoms with van der Waals surface area (Å²) < 4.78 is 16.4. The average Bonchev–Trinajstić information content (AvgIpc) is 2.55. The number of hydrogen-bond donors (Lipinski definition) is 2. The van der Waals surface area contributed by atoms with E-state index in [2.05, 4.69) is 0 Å². The molecule has 0 bridgehead atoms. The first-order valence-electron chi connectivity index (χ1n) is 6.54. The van der Waals surface area contributed by atoms with Gasteiger partial charge in [0.05, 0.1) is 20.8 Å². The number of ether oxygens (including phenoxy) is 3. The van der Waals surface area contributed by atoms with Crippen LogP contribution in [0.3, 0.4) is 0 Å². The van der Waals surface area contributed by atoms with E-state index in [9.17, 15) is 0 Å². The molecular formula is C16H19NO4. The van der Waals surface area contributed by atoms with Crippen LogP contribution in [0.15, 0.2) is 36.4 Å². The van der Waals surface area contributed by atoms with Crippen LogP contribution in [0.4, 0.5) is 0 Å². The molecule has 0 aromatic heterocycles. The summed E-state index contributed by atoms with van der Waals surface area (Å²) in [6.45, 7) is 0.306. The highest BCUT2D eigenvalue weighted by atomic mass is 16.5. The van der Waals surface area contributed by atoms with Crippen LogP contribution in [-0.2, 0) is 13.2 Å². The van der Waals surface area contributed by atoms with Crippen LogP contribution in [-0.4, -0.2) is 19.3 Å². The number of aliphatic hydroxyl groups is 1. The lowest BCUT2D eigenvalue weighted by Gasteiger charge is -2.14. The number of benzene rings is 2. The standard InChI is InChI=1S/C16H19NO4/c1-19-13-5-4-12(9-17)15(8-13)21-14-6-3-11(10-18)7-16(14)20-2/h3-8,18H,9-10,17H2,1-2H3. The monoisotopic (exact) mass is 289 g/mol. The van der Waals surface area contributed by atoms with Gasteiger partial charge in [-0.05, 0) is 23.8 Å². The molecule has 5 heteroatoms. The van der Waals surface area contributed by atoms with Gasteiger partial charge >= 0.3 is 0 Å². The molecule has 0 unspecified atom stereocenters. The van der Waals surface area contributed by atoms with E-state index in [0.717, 1.165) is 11.1 Å². The van der Waals surface area contributed by atoms with E-state index in [0.29, 0.717) is 29.5 Å². The lowest BCUT2D eigenvalue weighted by Crippen LogP contribution is -2.01. The van der Waals surface area contributed by atoms with Crippen molar-refractivity contribution in [3.05, 3.63) is 47.5 Å². The van der Waals surface area contributed by atoms with Crippen molar-refractivity contribution in [3.8, 4) is 23.0 Å². The Morgan fingerprint density at radius 3 is 2.38 bits per heavy atom. The minimum Gasteiger partial charge on any atom is -0.497 e. The summed E-state index contributed by atoms with van der Waals surface area (Å²) in [5.41, 5.74) is 7.35. The Morgan fingerprint density at radius 1 is 0.952 bits per heavy atom. The number of aliphatic hydroxyl groups excluding tert-OH is 1. The summed E-state index contributed by atoms with van der Waals surface area (Å²) in [7, 11) is 3.15. The third kappa shape index (κ3) is 3.45. The van der Waals surface area contributed by atoms with Crippen molar-refractivity contribution in [2.24, 2.45) is 5.73 Å². The molecule has 0 fully saturated rings. The first kappa shape index (κ1) is 15.2. The summed E-state index contributed by atoms with van der Waals surface area (Å²) in [4.78, 5) is 0. The Morgan fingerprint density at radius 2 is 1.76 bits per heavy atom. The molecule has 21 heavy (non-hydrogen) atoms. The average molecular weight is 289 g/mol. The van der Waals surface area contributed by atoms with Crippen LogP contribution in [0, 0.1) is 0 Å². The first-order chi connectivity index (χ1) is 10.2. The zero-order valence-corrected chi connectivity index (χ0v) is 12.1. The molecule has 112 valence electrons. The molecule has 0 saturated heterocycles. The minimum absolute atomic E-state index is 0.0517. The molecule has 0 aliphatic heterocycles. The second-order valence-corrected chi connectivity index (χ2v) is 4.42. The SMILES string of the molecule is COc1ccc(CN)c(Oc2ccc(CO)cc2OC)c1. The second-order valence-electron chi connectivity index (χ2n) is 4.42. The molecular weight excluding hydrogens is 270 g/mol. The van der Waals surface area contributed by atoms with E-state index in [4.69, 9.17) is 25.1 Å². The number of rotatable bonds is 6. The van der Waals surface area contributed by atoms with Gasteiger partial charge in [-0.3, -0.25) is 0 Å². The topological polar surface area (TPSA) is 73.9 Å². The van der Waals surface area contributed by atoms with E-state index >= 15 is 0 Å². The van der Waals surface area contributed by atoms with Gasteiger partial charge in [-0.1, -0.05) is 12.1 Å². The number of hydrogen-bond acceptors (Lipinski definition) is 5.